The van der Waals surface area contributed by atoms with Crippen LogP contribution in [-0.4, -0.2) is 6.71 Å². The quantitative estimate of drug-likeness (QED) is 0.165. The Morgan fingerprint density at radius 3 is 1.53 bits per heavy atom. The van der Waals surface area contributed by atoms with Crippen LogP contribution in [0.15, 0.2) is 102 Å². The third kappa shape index (κ3) is 6.72. The Hall–Kier alpha value is -5.22. The van der Waals surface area contributed by atoms with Gasteiger partial charge in [-0.05, 0) is 199 Å². The molecule has 0 N–H and O–H groups in total. The Morgan fingerprint density at radius 1 is 0.500 bits per heavy atom. The van der Waals surface area contributed by atoms with Gasteiger partial charge in [-0.3, -0.25) is 4.90 Å². The normalized spacial score (nSPS) is 21.5. The van der Waals surface area contributed by atoms with Crippen LogP contribution < -0.4 is 26.2 Å². The van der Waals surface area contributed by atoms with Gasteiger partial charge in [0.1, 0.15) is 5.58 Å². The predicted octanol–water partition coefficient (Wildman–Crippen LogP) is 16.6. The van der Waals surface area contributed by atoms with Crippen molar-refractivity contribution in [1.29, 1.82) is 0 Å². The molecule has 0 spiro atoms. The first-order valence-electron chi connectivity index (χ1n) is 27.0. The van der Waals surface area contributed by atoms with E-state index in [0.29, 0.717) is 0 Å². The molecule has 6 aromatic rings. The van der Waals surface area contributed by atoms with Crippen molar-refractivity contribution >= 4 is 74.0 Å². The Labute approximate surface area is 420 Å². The maximum absolute atomic E-state index is 7.57. The van der Waals surface area contributed by atoms with Gasteiger partial charge >= 0.3 is 0 Å². The minimum atomic E-state index is -0.0503. The first kappa shape index (κ1) is 45.9. The van der Waals surface area contributed by atoms with E-state index < -0.39 is 0 Å². The molecule has 2 aliphatic heterocycles. The van der Waals surface area contributed by atoms with Gasteiger partial charge in [0.05, 0.1) is 0 Å². The molecule has 5 aromatic carbocycles. The van der Waals surface area contributed by atoms with Gasteiger partial charge in [0.2, 0.25) is 5.88 Å². The standard InChI is InChI=1S/C66H77BN2O/c1-60(2,3)42-21-24-45-56(35-42)70-59-57(45)67-52-38-50-51(66(14,15)32-31-65(50,12)13)39-53(52)68(43-22-25-46-48(36-43)63(8,9)29-27-61(46,4)5)54-33-41(40-19-17-16-18-20-40)34-55(58(54)67)69(59)44-23-26-47-49(37-44)64(10,11)30-28-62(47,6)7/h16-17,19,21-26,33-39H,18,20,27-32H2,1-15H3. The topological polar surface area (TPSA) is 19.6 Å². The summed E-state index contributed by atoms with van der Waals surface area (Å²) < 4.78 is 7.57. The second-order valence-corrected chi connectivity index (χ2v) is 27.7. The van der Waals surface area contributed by atoms with Crippen molar-refractivity contribution in [3.63, 3.8) is 0 Å². The van der Waals surface area contributed by atoms with E-state index in [9.17, 15) is 0 Å². The number of fused-ring (bicyclic) bond motifs is 9. The SMILES string of the molecule is CC(C)(C)c1ccc2c3c(oc2c1)N(c1ccc2c(c1)C(C)(C)CCC2(C)C)c1cc(C2=CC=CCC2)cc2c1B3c1cc3c(cc1N2c1ccc2c(c1)C(C)(C)CCC2(C)C)C(C)(C)CCC3(C)C. The number of nitrogens with zero attached hydrogens (tertiary/aromatic N) is 2. The maximum Gasteiger partial charge on any atom is 0.257 e. The second kappa shape index (κ2) is 14.7. The van der Waals surface area contributed by atoms with Crippen LogP contribution in [0.4, 0.5) is 34.3 Å². The number of benzene rings is 5. The molecule has 3 nitrogen and oxygen atoms in total. The van der Waals surface area contributed by atoms with E-state index in [4.69, 9.17) is 4.42 Å². The first-order valence-corrected chi connectivity index (χ1v) is 27.0. The van der Waals surface area contributed by atoms with E-state index >= 15 is 0 Å². The lowest BCUT2D eigenvalue weighted by Crippen LogP contribution is -2.61. The highest BCUT2D eigenvalue weighted by molar-refractivity contribution is 7.01. The summed E-state index contributed by atoms with van der Waals surface area (Å²) in [7, 11) is 0. The summed E-state index contributed by atoms with van der Waals surface area (Å²) in [6.45, 7) is 36.6. The van der Waals surface area contributed by atoms with Crippen molar-refractivity contribution in [3.8, 4) is 0 Å². The fraction of sp³-hybridized carbons (Fsp3) is 0.455. The zero-order valence-electron chi connectivity index (χ0n) is 45.3. The number of anilines is 6. The van der Waals surface area contributed by atoms with Crippen LogP contribution in [0.3, 0.4) is 0 Å². The zero-order valence-corrected chi connectivity index (χ0v) is 45.3. The Kier molecular flexibility index (Phi) is 9.64. The number of allylic oxidation sites excluding steroid dienone is 4. The molecule has 0 radical (unpaired) electrons. The highest BCUT2D eigenvalue weighted by Crippen LogP contribution is 2.55. The summed E-state index contributed by atoms with van der Waals surface area (Å²) in [5.74, 6) is 0.960. The summed E-state index contributed by atoms with van der Waals surface area (Å²) in [6.07, 6.45) is 16.1. The fourth-order valence-electron chi connectivity index (χ4n) is 14.0. The van der Waals surface area contributed by atoms with Gasteiger partial charge in [-0.1, -0.05) is 152 Å². The fourth-order valence-corrected chi connectivity index (χ4v) is 14.0. The van der Waals surface area contributed by atoms with Crippen molar-refractivity contribution in [3.05, 3.63) is 142 Å². The van der Waals surface area contributed by atoms with Gasteiger partial charge in [-0.2, -0.15) is 0 Å². The van der Waals surface area contributed by atoms with E-state index in [0.717, 1.165) is 30.7 Å². The Bertz CT molecular complexity index is 3280. The van der Waals surface area contributed by atoms with Crippen molar-refractivity contribution in [2.75, 3.05) is 9.80 Å². The molecule has 12 rings (SSSR count). The first-order chi connectivity index (χ1) is 32.8. The van der Waals surface area contributed by atoms with Crippen LogP contribution in [0, 0.1) is 0 Å². The van der Waals surface area contributed by atoms with E-state index in [2.05, 4.69) is 211 Å². The molecule has 4 heteroatoms. The van der Waals surface area contributed by atoms with E-state index in [-0.39, 0.29) is 44.6 Å². The van der Waals surface area contributed by atoms with Crippen molar-refractivity contribution in [2.45, 2.75) is 193 Å². The van der Waals surface area contributed by atoms with Gasteiger partial charge in [0.15, 0.2) is 0 Å². The number of hydrogen-bond acceptors (Lipinski definition) is 3. The molecule has 0 fully saturated rings. The summed E-state index contributed by atoms with van der Waals surface area (Å²) in [5, 5.41) is 1.22. The molecule has 0 atom stereocenters. The number of hydrogen-bond donors (Lipinski definition) is 0. The van der Waals surface area contributed by atoms with Gasteiger partial charge in [0, 0.05) is 39.3 Å². The Morgan fingerprint density at radius 2 is 1.00 bits per heavy atom. The largest absolute Gasteiger partial charge is 0.440 e. The van der Waals surface area contributed by atoms with E-state index in [1.54, 1.807) is 0 Å². The molecule has 0 amide bonds. The van der Waals surface area contributed by atoms with E-state index in [1.807, 2.05) is 0 Å². The zero-order chi connectivity index (χ0) is 49.5. The lowest BCUT2D eigenvalue weighted by Gasteiger charge is -2.47. The van der Waals surface area contributed by atoms with Crippen molar-refractivity contribution in [1.82, 2.24) is 0 Å². The predicted molar refractivity (Wildman–Crippen MR) is 301 cm³/mol. The van der Waals surface area contributed by atoms with Crippen molar-refractivity contribution in [2.24, 2.45) is 0 Å². The van der Waals surface area contributed by atoms with Crippen LogP contribution in [0.5, 0.6) is 0 Å². The molecule has 0 saturated heterocycles. The smallest absolute Gasteiger partial charge is 0.257 e. The van der Waals surface area contributed by atoms with Crippen LogP contribution in [-0.2, 0) is 37.9 Å². The maximum atomic E-state index is 7.57. The van der Waals surface area contributed by atoms with Gasteiger partial charge < -0.3 is 9.32 Å². The average molecular weight is 925 g/mol. The molecule has 1 aromatic heterocycles. The molecular formula is C66H77BN2O. The molecule has 70 heavy (non-hydrogen) atoms. The lowest BCUT2D eigenvalue weighted by molar-refractivity contribution is 0.332. The summed E-state index contributed by atoms with van der Waals surface area (Å²) >= 11 is 0. The number of rotatable bonds is 3. The van der Waals surface area contributed by atoms with E-state index in [1.165, 1.54) is 132 Å². The third-order valence-corrected chi connectivity index (χ3v) is 19.1. The summed E-state index contributed by atoms with van der Waals surface area (Å²) in [4.78, 5) is 5.29. The van der Waals surface area contributed by atoms with Crippen LogP contribution >= 0.6 is 0 Å². The second-order valence-electron chi connectivity index (χ2n) is 27.7. The molecule has 3 heterocycles. The van der Waals surface area contributed by atoms with Crippen LogP contribution in [0.2, 0.25) is 0 Å². The molecule has 6 aliphatic rings. The van der Waals surface area contributed by atoms with Crippen LogP contribution in [0.1, 0.15) is 200 Å². The molecular weight excluding hydrogens is 848 g/mol. The highest BCUT2D eigenvalue weighted by atomic mass is 16.4. The summed E-state index contributed by atoms with van der Waals surface area (Å²) in [6, 6.07) is 32.7. The third-order valence-electron chi connectivity index (χ3n) is 19.1. The molecule has 4 aliphatic carbocycles. The minimum absolute atomic E-state index is 0.0285. The monoisotopic (exact) mass is 925 g/mol. The van der Waals surface area contributed by atoms with Gasteiger partial charge in [0.25, 0.3) is 6.71 Å². The summed E-state index contributed by atoms with van der Waals surface area (Å²) in [5.41, 5.74) is 24.6. The van der Waals surface area contributed by atoms with Crippen LogP contribution in [0.25, 0.3) is 16.5 Å². The lowest BCUT2D eigenvalue weighted by atomic mass is 9.33. The van der Waals surface area contributed by atoms with Gasteiger partial charge in [-0.25, -0.2) is 0 Å². The molecule has 360 valence electrons. The molecule has 0 saturated carbocycles. The number of furan rings is 1. The van der Waals surface area contributed by atoms with Gasteiger partial charge in [-0.15, -0.1) is 0 Å². The molecule has 0 unspecified atom stereocenters. The van der Waals surface area contributed by atoms with Crippen molar-refractivity contribution < 1.29 is 4.42 Å². The average Bonchev–Trinajstić information content (AvgIpc) is 3.69. The molecule has 0 bridgehead atoms. The Balaban J connectivity index is 1.23. The minimum Gasteiger partial charge on any atom is -0.440 e. The highest BCUT2D eigenvalue weighted by Gasteiger charge is 2.50.